The first kappa shape index (κ1) is 9.59. The molecule has 2 nitrogen and oxygen atoms in total. The first-order chi connectivity index (χ1) is 7.34. The van der Waals surface area contributed by atoms with Crippen molar-refractivity contribution in [2.75, 3.05) is 5.73 Å². The standard InChI is InChI=1S/C13H12NO/c14-12-6-8-13(9-7-12)15-10-11-4-2-1-3-5-11/h1-8H,10,14H2. The smallest absolute Gasteiger partial charge is 0.127 e. The van der Waals surface area contributed by atoms with Crippen molar-refractivity contribution in [2.24, 2.45) is 0 Å². The summed E-state index contributed by atoms with van der Waals surface area (Å²) in [6.45, 7) is 0.557. The van der Waals surface area contributed by atoms with Gasteiger partial charge in [-0.2, -0.15) is 0 Å². The molecular weight excluding hydrogens is 186 g/mol. The molecule has 1 radical (unpaired) electrons. The quantitative estimate of drug-likeness (QED) is 0.769. The number of benzene rings is 2. The Bertz CT molecular complexity index is 408. The molecule has 0 fully saturated rings. The van der Waals surface area contributed by atoms with Gasteiger partial charge < -0.3 is 10.5 Å². The van der Waals surface area contributed by atoms with Crippen LogP contribution in [0, 0.1) is 6.07 Å². The molecule has 2 heteroatoms. The van der Waals surface area contributed by atoms with Crippen molar-refractivity contribution in [3.05, 3.63) is 60.2 Å². The minimum Gasteiger partial charge on any atom is -0.488 e. The number of hydrogen-bond acceptors (Lipinski definition) is 2. The third-order valence-corrected chi connectivity index (χ3v) is 2.05. The van der Waals surface area contributed by atoms with E-state index in [0.29, 0.717) is 18.0 Å². The van der Waals surface area contributed by atoms with Gasteiger partial charge in [-0.15, -0.1) is 0 Å². The monoisotopic (exact) mass is 198 g/mol. The number of nitrogen functional groups attached to an aromatic ring is 1. The predicted molar refractivity (Wildman–Crippen MR) is 60.5 cm³/mol. The summed E-state index contributed by atoms with van der Waals surface area (Å²) in [4.78, 5) is 0. The molecule has 2 rings (SSSR count). The molecule has 0 aliphatic heterocycles. The van der Waals surface area contributed by atoms with Crippen LogP contribution in [0.5, 0.6) is 5.75 Å². The third kappa shape index (κ3) is 2.74. The van der Waals surface area contributed by atoms with Crippen LogP contribution in [-0.4, -0.2) is 0 Å². The number of anilines is 1. The van der Waals surface area contributed by atoms with Crippen molar-refractivity contribution in [3.8, 4) is 5.75 Å². The van der Waals surface area contributed by atoms with Gasteiger partial charge in [0.2, 0.25) is 0 Å². The third-order valence-electron chi connectivity index (χ3n) is 2.05. The lowest BCUT2D eigenvalue weighted by molar-refractivity contribution is 0.305. The summed E-state index contributed by atoms with van der Waals surface area (Å²) in [6, 6.07) is 18.3. The fourth-order valence-electron chi connectivity index (χ4n) is 1.25. The zero-order valence-electron chi connectivity index (χ0n) is 8.31. The Hall–Kier alpha value is -1.96. The lowest BCUT2D eigenvalue weighted by atomic mass is 10.2. The molecule has 2 aromatic carbocycles. The van der Waals surface area contributed by atoms with E-state index in [-0.39, 0.29) is 0 Å². The van der Waals surface area contributed by atoms with E-state index in [2.05, 4.69) is 6.07 Å². The maximum atomic E-state index is 5.55. The Morgan fingerprint density at radius 2 is 1.87 bits per heavy atom. The van der Waals surface area contributed by atoms with E-state index in [9.17, 15) is 0 Å². The van der Waals surface area contributed by atoms with Crippen LogP contribution in [0.25, 0.3) is 0 Å². The van der Waals surface area contributed by atoms with E-state index in [1.54, 1.807) is 12.1 Å². The van der Waals surface area contributed by atoms with Gasteiger partial charge in [-0.3, -0.25) is 0 Å². The Labute approximate surface area is 89.3 Å². The summed E-state index contributed by atoms with van der Waals surface area (Å²) in [5.74, 6) is 0.716. The number of ether oxygens (including phenoxy) is 1. The van der Waals surface area contributed by atoms with Crippen molar-refractivity contribution < 1.29 is 4.74 Å². The fraction of sp³-hybridized carbons (Fsp3) is 0.0769. The summed E-state index contributed by atoms with van der Waals surface area (Å²) in [7, 11) is 0. The average Bonchev–Trinajstić information content (AvgIpc) is 2.30. The lowest BCUT2D eigenvalue weighted by Gasteiger charge is -2.05. The Kier molecular flexibility index (Phi) is 2.88. The fourth-order valence-corrected chi connectivity index (χ4v) is 1.25. The number of hydrogen-bond donors (Lipinski definition) is 1. The SMILES string of the molecule is Nc1c[c]c(OCc2ccccc2)cc1. The summed E-state index contributed by atoms with van der Waals surface area (Å²) in [5, 5.41) is 0. The van der Waals surface area contributed by atoms with Gasteiger partial charge >= 0.3 is 0 Å². The largest absolute Gasteiger partial charge is 0.488 e. The Morgan fingerprint density at radius 3 is 2.53 bits per heavy atom. The van der Waals surface area contributed by atoms with E-state index in [1.165, 1.54) is 0 Å². The van der Waals surface area contributed by atoms with Gasteiger partial charge in [-0.05, 0) is 23.8 Å². The van der Waals surface area contributed by atoms with Gasteiger partial charge in [0.25, 0.3) is 0 Å². The lowest BCUT2D eigenvalue weighted by Crippen LogP contribution is -1.95. The number of rotatable bonds is 3. The first-order valence-electron chi connectivity index (χ1n) is 4.78. The van der Waals surface area contributed by atoms with Crippen LogP contribution in [0.1, 0.15) is 5.56 Å². The van der Waals surface area contributed by atoms with E-state index in [4.69, 9.17) is 10.5 Å². The van der Waals surface area contributed by atoms with E-state index < -0.39 is 0 Å². The molecule has 0 saturated heterocycles. The normalized spacial score (nSPS) is 9.87. The summed E-state index contributed by atoms with van der Waals surface area (Å²) in [6.07, 6.45) is 0. The molecule has 0 saturated carbocycles. The molecule has 0 bridgehead atoms. The van der Waals surface area contributed by atoms with Crippen molar-refractivity contribution in [1.82, 2.24) is 0 Å². The minimum absolute atomic E-state index is 0.557. The van der Waals surface area contributed by atoms with Gasteiger partial charge in [0, 0.05) is 11.8 Å². The van der Waals surface area contributed by atoms with Crippen LogP contribution in [0.15, 0.2) is 48.5 Å². The van der Waals surface area contributed by atoms with Crippen molar-refractivity contribution in [3.63, 3.8) is 0 Å². The van der Waals surface area contributed by atoms with Crippen molar-refractivity contribution in [2.45, 2.75) is 6.61 Å². The molecule has 0 atom stereocenters. The molecule has 75 valence electrons. The molecule has 0 unspecified atom stereocenters. The Balaban J connectivity index is 1.96. The maximum absolute atomic E-state index is 5.55. The second kappa shape index (κ2) is 4.51. The molecule has 0 aliphatic carbocycles. The van der Waals surface area contributed by atoms with Crippen molar-refractivity contribution >= 4 is 5.69 Å². The Morgan fingerprint density at radius 1 is 1.07 bits per heavy atom. The zero-order chi connectivity index (χ0) is 10.5. The van der Waals surface area contributed by atoms with E-state index in [1.807, 2.05) is 36.4 Å². The molecule has 0 aromatic heterocycles. The summed E-state index contributed by atoms with van der Waals surface area (Å²) < 4.78 is 5.54. The molecule has 15 heavy (non-hydrogen) atoms. The summed E-state index contributed by atoms with van der Waals surface area (Å²) in [5.41, 5.74) is 7.38. The second-order valence-electron chi connectivity index (χ2n) is 3.26. The van der Waals surface area contributed by atoms with E-state index in [0.717, 1.165) is 5.56 Å². The van der Waals surface area contributed by atoms with Crippen LogP contribution < -0.4 is 10.5 Å². The van der Waals surface area contributed by atoms with Crippen LogP contribution in [-0.2, 0) is 6.61 Å². The highest BCUT2D eigenvalue weighted by Gasteiger charge is 1.95. The highest BCUT2D eigenvalue weighted by Crippen LogP contribution is 2.13. The second-order valence-corrected chi connectivity index (χ2v) is 3.26. The number of nitrogens with two attached hydrogens (primary N) is 1. The van der Waals surface area contributed by atoms with Gasteiger partial charge in [-0.25, -0.2) is 0 Å². The molecule has 0 spiro atoms. The van der Waals surface area contributed by atoms with Crippen LogP contribution in [0.3, 0.4) is 0 Å². The van der Waals surface area contributed by atoms with Gasteiger partial charge in [0.1, 0.15) is 12.4 Å². The van der Waals surface area contributed by atoms with Gasteiger partial charge in [0.05, 0.1) is 0 Å². The predicted octanol–water partition coefficient (Wildman–Crippen LogP) is 2.65. The maximum Gasteiger partial charge on any atom is 0.127 e. The van der Waals surface area contributed by atoms with Gasteiger partial charge in [0.15, 0.2) is 0 Å². The van der Waals surface area contributed by atoms with E-state index >= 15 is 0 Å². The molecule has 2 aromatic rings. The molecular formula is C13H12NO. The minimum atomic E-state index is 0.557. The van der Waals surface area contributed by atoms with Crippen LogP contribution in [0.4, 0.5) is 5.69 Å². The molecule has 2 N–H and O–H groups in total. The van der Waals surface area contributed by atoms with Crippen LogP contribution in [0.2, 0.25) is 0 Å². The average molecular weight is 198 g/mol. The van der Waals surface area contributed by atoms with Gasteiger partial charge in [-0.1, -0.05) is 30.3 Å². The first-order valence-corrected chi connectivity index (χ1v) is 4.78. The van der Waals surface area contributed by atoms with Crippen molar-refractivity contribution in [1.29, 1.82) is 0 Å². The van der Waals surface area contributed by atoms with Crippen LogP contribution >= 0.6 is 0 Å². The zero-order valence-corrected chi connectivity index (χ0v) is 8.31. The molecule has 0 aliphatic rings. The molecule has 0 amide bonds. The topological polar surface area (TPSA) is 35.2 Å². The highest BCUT2D eigenvalue weighted by molar-refractivity contribution is 5.40. The summed E-state index contributed by atoms with van der Waals surface area (Å²) >= 11 is 0. The highest BCUT2D eigenvalue weighted by atomic mass is 16.5. The molecule has 0 heterocycles.